The second kappa shape index (κ2) is 2.64. The van der Waals surface area contributed by atoms with Crippen molar-refractivity contribution in [1.29, 1.82) is 0 Å². The van der Waals surface area contributed by atoms with Crippen LogP contribution < -0.4 is 0 Å². The van der Waals surface area contributed by atoms with Crippen molar-refractivity contribution in [3.63, 3.8) is 0 Å². The zero-order valence-corrected chi connectivity index (χ0v) is 5.72. The second-order valence-electron chi connectivity index (χ2n) is 2.26. The summed E-state index contributed by atoms with van der Waals surface area (Å²) >= 11 is 0. The number of esters is 1. The number of hydrogen-bond acceptors (Lipinski definition) is 3. The fourth-order valence-electron chi connectivity index (χ4n) is 0.797. The van der Waals surface area contributed by atoms with Gasteiger partial charge in [0.2, 0.25) is 0 Å². The Morgan fingerprint density at radius 1 is 1.60 bits per heavy atom. The van der Waals surface area contributed by atoms with Crippen molar-refractivity contribution in [2.24, 2.45) is 0 Å². The zero-order valence-electron chi connectivity index (χ0n) is 5.72. The van der Waals surface area contributed by atoms with Gasteiger partial charge in [-0.15, -0.1) is 0 Å². The first-order valence-corrected chi connectivity index (χ1v) is 3.03. The Balaban J connectivity index is 2.80. The fraction of sp³-hybridized carbons (Fsp3) is 0.429. The van der Waals surface area contributed by atoms with E-state index in [0.717, 1.165) is 11.9 Å². The topological polar surface area (TPSA) is 43.4 Å². The lowest BCUT2D eigenvalue weighted by Crippen LogP contribution is -2.16. The SMILES string of the molecule is CC1=C(C=O)COC(=O)C1. The molecule has 1 rings (SSSR count). The molecule has 10 heavy (non-hydrogen) atoms. The van der Waals surface area contributed by atoms with Crippen LogP contribution >= 0.6 is 0 Å². The summed E-state index contributed by atoms with van der Waals surface area (Å²) in [4.78, 5) is 20.8. The molecule has 0 radical (unpaired) electrons. The van der Waals surface area contributed by atoms with E-state index in [0.29, 0.717) is 5.57 Å². The van der Waals surface area contributed by atoms with Gasteiger partial charge in [-0.3, -0.25) is 9.59 Å². The molecule has 1 aliphatic heterocycles. The quantitative estimate of drug-likeness (QED) is 0.392. The third-order valence-electron chi connectivity index (χ3n) is 1.49. The summed E-state index contributed by atoms with van der Waals surface area (Å²) in [6, 6.07) is 0. The number of cyclic esters (lactones) is 1. The fourth-order valence-corrected chi connectivity index (χ4v) is 0.797. The molecule has 0 saturated carbocycles. The molecule has 0 spiro atoms. The van der Waals surface area contributed by atoms with E-state index in [9.17, 15) is 9.59 Å². The molecule has 0 N–H and O–H groups in total. The van der Waals surface area contributed by atoms with Crippen molar-refractivity contribution >= 4 is 12.3 Å². The van der Waals surface area contributed by atoms with Crippen LogP contribution in [0.3, 0.4) is 0 Å². The molecule has 54 valence electrons. The lowest BCUT2D eigenvalue weighted by Gasteiger charge is -2.12. The zero-order chi connectivity index (χ0) is 7.56. The molecular weight excluding hydrogens is 132 g/mol. The summed E-state index contributed by atoms with van der Waals surface area (Å²) in [6.45, 7) is 1.91. The van der Waals surface area contributed by atoms with Gasteiger partial charge in [0.05, 0.1) is 6.42 Å². The Morgan fingerprint density at radius 3 is 2.80 bits per heavy atom. The first kappa shape index (κ1) is 6.99. The van der Waals surface area contributed by atoms with Gasteiger partial charge in [-0.1, -0.05) is 5.57 Å². The molecule has 1 aliphatic rings. The van der Waals surface area contributed by atoms with E-state index in [-0.39, 0.29) is 19.0 Å². The number of aldehydes is 1. The van der Waals surface area contributed by atoms with E-state index in [1.165, 1.54) is 0 Å². The van der Waals surface area contributed by atoms with E-state index in [4.69, 9.17) is 0 Å². The summed E-state index contributed by atoms with van der Waals surface area (Å²) in [5.41, 5.74) is 1.42. The Hall–Kier alpha value is -1.12. The van der Waals surface area contributed by atoms with E-state index < -0.39 is 0 Å². The standard InChI is InChI=1S/C7H8O3/c1-5-2-7(9)10-4-6(5)3-8/h3H,2,4H2,1H3. The molecule has 0 unspecified atom stereocenters. The summed E-state index contributed by atoms with van der Waals surface area (Å²) in [5.74, 6) is -0.247. The molecular formula is C7H8O3. The van der Waals surface area contributed by atoms with Crippen molar-refractivity contribution < 1.29 is 14.3 Å². The minimum atomic E-state index is -0.247. The maximum absolute atomic E-state index is 10.6. The smallest absolute Gasteiger partial charge is 0.310 e. The van der Waals surface area contributed by atoms with Gasteiger partial charge < -0.3 is 4.74 Å². The van der Waals surface area contributed by atoms with Crippen LogP contribution in [0.4, 0.5) is 0 Å². The van der Waals surface area contributed by atoms with Gasteiger partial charge >= 0.3 is 5.97 Å². The highest BCUT2D eigenvalue weighted by molar-refractivity contribution is 5.82. The monoisotopic (exact) mass is 140 g/mol. The minimum Gasteiger partial charge on any atom is -0.460 e. The van der Waals surface area contributed by atoms with Gasteiger partial charge in [-0.2, -0.15) is 0 Å². The molecule has 1 heterocycles. The van der Waals surface area contributed by atoms with Gasteiger partial charge in [0.15, 0.2) is 0 Å². The average molecular weight is 140 g/mol. The maximum atomic E-state index is 10.6. The van der Waals surface area contributed by atoms with E-state index in [2.05, 4.69) is 4.74 Å². The first-order chi connectivity index (χ1) is 4.74. The van der Waals surface area contributed by atoms with Crippen LogP contribution in [0.1, 0.15) is 13.3 Å². The predicted molar refractivity (Wildman–Crippen MR) is 34.3 cm³/mol. The molecule has 0 saturated heterocycles. The largest absolute Gasteiger partial charge is 0.460 e. The summed E-state index contributed by atoms with van der Waals surface area (Å²) < 4.78 is 4.62. The van der Waals surface area contributed by atoms with Crippen molar-refractivity contribution in [2.75, 3.05) is 6.61 Å². The van der Waals surface area contributed by atoms with Crippen molar-refractivity contribution in [3.05, 3.63) is 11.1 Å². The molecule has 0 aromatic carbocycles. The molecule has 0 aromatic rings. The molecule has 0 fully saturated rings. The van der Waals surface area contributed by atoms with Crippen molar-refractivity contribution in [3.8, 4) is 0 Å². The Kier molecular flexibility index (Phi) is 1.85. The maximum Gasteiger partial charge on any atom is 0.310 e. The number of ether oxygens (including phenoxy) is 1. The van der Waals surface area contributed by atoms with Crippen molar-refractivity contribution in [2.45, 2.75) is 13.3 Å². The highest BCUT2D eigenvalue weighted by Crippen LogP contribution is 2.13. The highest BCUT2D eigenvalue weighted by atomic mass is 16.5. The van der Waals surface area contributed by atoms with Crippen LogP contribution in [0.15, 0.2) is 11.1 Å². The molecule has 0 atom stereocenters. The second-order valence-corrected chi connectivity index (χ2v) is 2.26. The van der Waals surface area contributed by atoms with E-state index >= 15 is 0 Å². The summed E-state index contributed by atoms with van der Waals surface area (Å²) in [6.07, 6.45) is 0.996. The molecule has 0 aliphatic carbocycles. The summed E-state index contributed by atoms with van der Waals surface area (Å²) in [7, 11) is 0. The van der Waals surface area contributed by atoms with Gasteiger partial charge in [0.25, 0.3) is 0 Å². The third kappa shape index (κ3) is 1.23. The normalized spacial score (nSPS) is 18.7. The van der Waals surface area contributed by atoms with Crippen LogP contribution in [-0.4, -0.2) is 18.9 Å². The Labute approximate surface area is 58.7 Å². The van der Waals surface area contributed by atoms with E-state index in [1.54, 1.807) is 6.92 Å². The molecule has 0 aromatic heterocycles. The van der Waals surface area contributed by atoms with E-state index in [1.807, 2.05) is 0 Å². The van der Waals surface area contributed by atoms with Crippen LogP contribution in [0.25, 0.3) is 0 Å². The van der Waals surface area contributed by atoms with Gasteiger partial charge in [-0.05, 0) is 6.92 Å². The van der Waals surface area contributed by atoms with Gasteiger partial charge in [0, 0.05) is 5.57 Å². The van der Waals surface area contributed by atoms with Crippen LogP contribution in [0, 0.1) is 0 Å². The lowest BCUT2D eigenvalue weighted by atomic mass is 10.1. The molecule has 0 amide bonds. The Morgan fingerprint density at radius 2 is 2.30 bits per heavy atom. The van der Waals surface area contributed by atoms with Crippen LogP contribution in [0.2, 0.25) is 0 Å². The molecule has 3 nitrogen and oxygen atoms in total. The predicted octanol–water partition coefficient (Wildman–Crippen LogP) is 0.449. The summed E-state index contributed by atoms with van der Waals surface area (Å²) in [5, 5.41) is 0. The minimum absolute atomic E-state index is 0.147. The Bertz CT molecular complexity index is 203. The molecule has 3 heteroatoms. The van der Waals surface area contributed by atoms with Crippen LogP contribution in [-0.2, 0) is 14.3 Å². The number of carbonyl (C=O) groups is 2. The van der Waals surface area contributed by atoms with Crippen molar-refractivity contribution in [1.82, 2.24) is 0 Å². The number of rotatable bonds is 1. The number of hydrogen-bond donors (Lipinski definition) is 0. The number of carbonyl (C=O) groups excluding carboxylic acids is 2. The lowest BCUT2D eigenvalue weighted by molar-refractivity contribution is -0.142. The average Bonchev–Trinajstić information content (AvgIpc) is 1.88. The van der Waals surface area contributed by atoms with Crippen LogP contribution in [0.5, 0.6) is 0 Å². The molecule has 0 bridgehead atoms. The third-order valence-corrected chi connectivity index (χ3v) is 1.49. The van der Waals surface area contributed by atoms with Gasteiger partial charge in [0.1, 0.15) is 12.9 Å². The van der Waals surface area contributed by atoms with Gasteiger partial charge in [-0.25, -0.2) is 0 Å². The first-order valence-electron chi connectivity index (χ1n) is 3.03. The highest BCUT2D eigenvalue weighted by Gasteiger charge is 2.14.